The number of fused-ring (bicyclic) bond motifs is 1. The molecule has 2 aliphatic heterocycles. The molecule has 142 valence electrons. The minimum Gasteiger partial charge on any atom is -0.361 e. The van der Waals surface area contributed by atoms with Crippen molar-refractivity contribution in [2.24, 2.45) is 0 Å². The van der Waals surface area contributed by atoms with E-state index in [4.69, 9.17) is 9.51 Å². The van der Waals surface area contributed by atoms with Crippen molar-refractivity contribution in [3.05, 3.63) is 53.0 Å². The number of carbonyl (C=O) groups is 1. The molecule has 0 unspecified atom stereocenters. The van der Waals surface area contributed by atoms with Crippen molar-refractivity contribution in [3.8, 4) is 11.1 Å². The van der Waals surface area contributed by atoms with E-state index >= 15 is 0 Å². The van der Waals surface area contributed by atoms with Crippen molar-refractivity contribution in [1.29, 1.82) is 0 Å². The summed E-state index contributed by atoms with van der Waals surface area (Å²) in [4.78, 5) is 16.8. The summed E-state index contributed by atoms with van der Waals surface area (Å²) in [7, 11) is 0. The average Bonchev–Trinajstić information content (AvgIpc) is 3.38. The fourth-order valence-electron chi connectivity index (χ4n) is 4.02. The van der Waals surface area contributed by atoms with E-state index in [9.17, 15) is 4.79 Å². The largest absolute Gasteiger partial charge is 0.361 e. The molecule has 6 nitrogen and oxygen atoms in total. The molecule has 7 heteroatoms. The SMILES string of the molecule is Cc1noc(C)c1-c1ccc2c(c1)nc([C@@H]1CCC(=O)N1)n2C1=CC=CSC1. The molecule has 1 aromatic carbocycles. The molecule has 1 atom stereocenters. The van der Waals surface area contributed by atoms with Crippen LogP contribution in [0.25, 0.3) is 27.9 Å². The van der Waals surface area contributed by atoms with Crippen LogP contribution in [-0.4, -0.2) is 26.4 Å². The molecule has 0 spiro atoms. The van der Waals surface area contributed by atoms with Crippen LogP contribution in [0, 0.1) is 13.8 Å². The van der Waals surface area contributed by atoms with Crippen molar-refractivity contribution >= 4 is 34.4 Å². The summed E-state index contributed by atoms with van der Waals surface area (Å²) in [5.74, 6) is 2.67. The highest BCUT2D eigenvalue weighted by Crippen LogP contribution is 2.35. The number of thioether (sulfide) groups is 1. The number of imidazole rings is 1. The average molecular weight is 392 g/mol. The molecule has 1 fully saturated rings. The van der Waals surface area contributed by atoms with E-state index < -0.39 is 0 Å². The fourth-order valence-corrected chi connectivity index (χ4v) is 4.70. The molecule has 0 bridgehead atoms. The Balaban J connectivity index is 1.70. The van der Waals surface area contributed by atoms with Crippen LogP contribution in [0.4, 0.5) is 0 Å². The van der Waals surface area contributed by atoms with Crippen LogP contribution >= 0.6 is 11.8 Å². The molecule has 4 heterocycles. The van der Waals surface area contributed by atoms with E-state index in [1.807, 2.05) is 13.8 Å². The van der Waals surface area contributed by atoms with Crippen LogP contribution in [0.5, 0.6) is 0 Å². The van der Waals surface area contributed by atoms with Crippen molar-refractivity contribution in [2.45, 2.75) is 32.7 Å². The Morgan fingerprint density at radius 3 is 2.89 bits per heavy atom. The van der Waals surface area contributed by atoms with Crippen LogP contribution in [0.1, 0.15) is 36.2 Å². The number of hydrogen-bond donors (Lipinski definition) is 1. The van der Waals surface area contributed by atoms with Gasteiger partial charge in [-0.15, -0.1) is 11.8 Å². The predicted octanol–water partition coefficient (Wildman–Crippen LogP) is 4.36. The number of aryl methyl sites for hydroxylation is 2. The molecule has 2 aliphatic rings. The van der Waals surface area contributed by atoms with Crippen LogP contribution in [0.2, 0.25) is 0 Å². The van der Waals surface area contributed by atoms with Crippen molar-refractivity contribution in [2.75, 3.05) is 5.75 Å². The highest BCUT2D eigenvalue weighted by molar-refractivity contribution is 8.02. The highest BCUT2D eigenvalue weighted by atomic mass is 32.2. The van der Waals surface area contributed by atoms with Gasteiger partial charge < -0.3 is 9.84 Å². The summed E-state index contributed by atoms with van der Waals surface area (Å²) >= 11 is 1.76. The standard InChI is InChI=1S/C21H20N4O2S/c1-12-20(13(2)27-24-12)14-5-7-18-17(10-14)23-21(16-6-8-19(26)22-16)25(18)15-4-3-9-28-11-15/h3-5,7,9-10,16H,6,8,11H2,1-2H3,(H,22,26)/t16-/m0/s1. The molecule has 1 N–H and O–H groups in total. The van der Waals surface area contributed by atoms with E-state index in [-0.39, 0.29) is 11.9 Å². The second kappa shape index (κ2) is 6.67. The summed E-state index contributed by atoms with van der Waals surface area (Å²) in [5, 5.41) is 9.24. The van der Waals surface area contributed by atoms with Crippen molar-refractivity contribution in [1.82, 2.24) is 20.0 Å². The quantitative estimate of drug-likeness (QED) is 0.717. The lowest BCUT2D eigenvalue weighted by Crippen LogP contribution is -2.22. The maximum atomic E-state index is 11.8. The van der Waals surface area contributed by atoms with Crippen LogP contribution in [0.3, 0.4) is 0 Å². The summed E-state index contributed by atoms with van der Waals surface area (Å²) in [6.45, 7) is 3.87. The minimum atomic E-state index is -0.0563. The van der Waals surface area contributed by atoms with Gasteiger partial charge in [-0.25, -0.2) is 4.98 Å². The first kappa shape index (κ1) is 17.3. The normalized spacial score (nSPS) is 19.3. The number of benzene rings is 1. The molecule has 0 aliphatic carbocycles. The number of nitrogens with one attached hydrogen (secondary N) is 1. The Labute approximate surface area is 166 Å². The van der Waals surface area contributed by atoms with E-state index in [2.05, 4.69) is 50.8 Å². The Morgan fingerprint density at radius 2 is 2.21 bits per heavy atom. The van der Waals surface area contributed by atoms with Crippen LogP contribution in [0.15, 0.2) is 40.3 Å². The Hall–Kier alpha value is -2.80. The predicted molar refractivity (Wildman–Crippen MR) is 111 cm³/mol. The molecule has 1 saturated heterocycles. The van der Waals surface area contributed by atoms with Crippen LogP contribution < -0.4 is 5.32 Å². The molecule has 3 aromatic rings. The molecule has 5 rings (SSSR count). The number of carbonyl (C=O) groups excluding carboxylic acids is 1. The van der Waals surface area contributed by atoms with Gasteiger partial charge in [-0.05, 0) is 49.4 Å². The third-order valence-corrected chi connectivity index (χ3v) is 6.10. The summed E-state index contributed by atoms with van der Waals surface area (Å²) < 4.78 is 7.54. The lowest BCUT2D eigenvalue weighted by atomic mass is 10.0. The number of rotatable bonds is 3. The maximum Gasteiger partial charge on any atom is 0.220 e. The number of hydrogen-bond acceptors (Lipinski definition) is 5. The molecule has 28 heavy (non-hydrogen) atoms. The Morgan fingerprint density at radius 1 is 1.32 bits per heavy atom. The fraction of sp³-hybridized carbons (Fsp3) is 0.286. The van der Waals surface area contributed by atoms with Crippen molar-refractivity contribution < 1.29 is 9.32 Å². The van der Waals surface area contributed by atoms with Gasteiger partial charge in [0.1, 0.15) is 11.6 Å². The summed E-state index contributed by atoms with van der Waals surface area (Å²) in [5.41, 5.74) is 6.07. The Bertz CT molecular complexity index is 1140. The van der Waals surface area contributed by atoms with Gasteiger partial charge in [-0.1, -0.05) is 17.3 Å². The zero-order valence-corrected chi connectivity index (χ0v) is 16.5. The number of aromatic nitrogens is 3. The summed E-state index contributed by atoms with van der Waals surface area (Å²) in [6, 6.07) is 6.23. The smallest absolute Gasteiger partial charge is 0.220 e. The monoisotopic (exact) mass is 392 g/mol. The zero-order valence-electron chi connectivity index (χ0n) is 15.7. The van der Waals surface area contributed by atoms with E-state index in [1.165, 1.54) is 5.70 Å². The number of allylic oxidation sites excluding steroid dienone is 2. The Kier molecular flexibility index (Phi) is 4.12. The number of amides is 1. The zero-order chi connectivity index (χ0) is 19.3. The topological polar surface area (TPSA) is 72.9 Å². The van der Waals surface area contributed by atoms with Gasteiger partial charge in [0.05, 0.1) is 22.8 Å². The molecule has 0 radical (unpaired) electrons. The van der Waals surface area contributed by atoms with Gasteiger partial charge in [0, 0.05) is 23.4 Å². The first-order valence-electron chi connectivity index (χ1n) is 9.34. The van der Waals surface area contributed by atoms with Crippen molar-refractivity contribution in [3.63, 3.8) is 0 Å². The lowest BCUT2D eigenvalue weighted by molar-refractivity contribution is -0.119. The molecular weight excluding hydrogens is 372 g/mol. The molecule has 2 aromatic heterocycles. The maximum absolute atomic E-state index is 11.8. The molecule has 0 saturated carbocycles. The second-order valence-corrected chi connectivity index (χ2v) is 8.06. The van der Waals surface area contributed by atoms with Gasteiger partial charge in [0.2, 0.25) is 5.91 Å². The molecule has 1 amide bonds. The lowest BCUT2D eigenvalue weighted by Gasteiger charge is -2.17. The van der Waals surface area contributed by atoms with E-state index in [0.717, 1.165) is 51.6 Å². The second-order valence-electron chi connectivity index (χ2n) is 7.16. The highest BCUT2D eigenvalue weighted by Gasteiger charge is 2.29. The van der Waals surface area contributed by atoms with Gasteiger partial charge >= 0.3 is 0 Å². The van der Waals surface area contributed by atoms with Gasteiger partial charge in [0.25, 0.3) is 0 Å². The third kappa shape index (κ3) is 2.77. The summed E-state index contributed by atoms with van der Waals surface area (Å²) in [6.07, 6.45) is 5.51. The van der Waals surface area contributed by atoms with E-state index in [1.54, 1.807) is 11.8 Å². The van der Waals surface area contributed by atoms with Gasteiger partial charge in [0.15, 0.2) is 0 Å². The minimum absolute atomic E-state index is 0.0563. The number of nitrogens with zero attached hydrogens (tertiary/aromatic N) is 3. The van der Waals surface area contributed by atoms with Gasteiger partial charge in [-0.2, -0.15) is 0 Å². The third-order valence-electron chi connectivity index (χ3n) is 5.29. The first-order valence-corrected chi connectivity index (χ1v) is 10.4. The molecular formula is C21H20N4O2S. The van der Waals surface area contributed by atoms with Gasteiger partial charge in [-0.3, -0.25) is 9.36 Å². The van der Waals surface area contributed by atoms with E-state index in [0.29, 0.717) is 6.42 Å². The first-order chi connectivity index (χ1) is 13.6. The van der Waals surface area contributed by atoms with Crippen LogP contribution in [-0.2, 0) is 4.79 Å².